The Balaban J connectivity index is 1.47. The second-order valence-electron chi connectivity index (χ2n) is 7.03. The molecule has 4 nitrogen and oxygen atoms in total. The Hall–Kier alpha value is -2.07. The molecule has 2 unspecified atom stereocenters. The third-order valence-electron chi connectivity index (χ3n) is 5.10. The molecule has 0 aromatic heterocycles. The number of nitrogens with two attached hydrogens (primary N) is 1. The van der Waals surface area contributed by atoms with E-state index in [9.17, 15) is 4.79 Å². The number of carbonyl (C=O) groups is 1. The first-order valence-corrected chi connectivity index (χ1v) is 9.29. The molecular formula is C21H28N2O2. The molecular weight excluding hydrogens is 312 g/mol. The summed E-state index contributed by atoms with van der Waals surface area (Å²) in [5.41, 5.74) is 6.00. The molecule has 1 saturated heterocycles. The predicted octanol–water partition coefficient (Wildman–Crippen LogP) is 3.58. The molecule has 134 valence electrons. The van der Waals surface area contributed by atoms with Gasteiger partial charge < -0.3 is 15.4 Å². The van der Waals surface area contributed by atoms with Crippen LogP contribution in [0.1, 0.15) is 32.6 Å². The van der Waals surface area contributed by atoms with Gasteiger partial charge in [-0.3, -0.25) is 4.79 Å². The Labute approximate surface area is 149 Å². The van der Waals surface area contributed by atoms with E-state index in [1.54, 1.807) is 0 Å². The molecule has 0 aliphatic carbocycles. The van der Waals surface area contributed by atoms with E-state index in [0.717, 1.165) is 43.5 Å². The molecule has 2 aromatic carbocycles. The maximum absolute atomic E-state index is 12.4. The van der Waals surface area contributed by atoms with Crippen molar-refractivity contribution in [1.29, 1.82) is 0 Å². The smallest absolute Gasteiger partial charge is 0.222 e. The first-order chi connectivity index (χ1) is 12.1. The minimum Gasteiger partial charge on any atom is -0.493 e. The van der Waals surface area contributed by atoms with E-state index in [4.69, 9.17) is 10.5 Å². The second kappa shape index (κ2) is 8.34. The van der Waals surface area contributed by atoms with Gasteiger partial charge in [-0.15, -0.1) is 0 Å². The van der Waals surface area contributed by atoms with Gasteiger partial charge in [0.05, 0.1) is 6.61 Å². The summed E-state index contributed by atoms with van der Waals surface area (Å²) in [7, 11) is 0. The Morgan fingerprint density at radius 1 is 1.28 bits per heavy atom. The Morgan fingerprint density at radius 2 is 2.08 bits per heavy atom. The summed E-state index contributed by atoms with van der Waals surface area (Å²) in [6.45, 7) is 4.27. The van der Waals surface area contributed by atoms with E-state index in [1.807, 2.05) is 36.1 Å². The highest BCUT2D eigenvalue weighted by atomic mass is 16.5. The molecule has 1 aliphatic heterocycles. The lowest BCUT2D eigenvalue weighted by molar-refractivity contribution is -0.133. The number of benzene rings is 2. The highest BCUT2D eigenvalue weighted by Gasteiger charge is 2.25. The van der Waals surface area contributed by atoms with Gasteiger partial charge in [0.1, 0.15) is 5.75 Å². The number of hydrogen-bond donors (Lipinski definition) is 1. The lowest BCUT2D eigenvalue weighted by Gasteiger charge is -2.34. The minimum absolute atomic E-state index is 0.158. The van der Waals surface area contributed by atoms with Gasteiger partial charge in [0, 0.05) is 30.9 Å². The average Bonchev–Trinajstić information content (AvgIpc) is 2.65. The number of hydrogen-bond acceptors (Lipinski definition) is 3. The van der Waals surface area contributed by atoms with Gasteiger partial charge in [-0.2, -0.15) is 0 Å². The van der Waals surface area contributed by atoms with Crippen LogP contribution in [0.4, 0.5) is 0 Å². The van der Waals surface area contributed by atoms with Crippen molar-refractivity contribution in [2.75, 3.05) is 19.7 Å². The maximum Gasteiger partial charge on any atom is 0.222 e. The van der Waals surface area contributed by atoms with Crippen LogP contribution in [0.5, 0.6) is 5.75 Å². The van der Waals surface area contributed by atoms with Crippen LogP contribution in [0.15, 0.2) is 42.5 Å². The van der Waals surface area contributed by atoms with Crippen molar-refractivity contribution in [3.8, 4) is 5.75 Å². The zero-order valence-electron chi connectivity index (χ0n) is 15.0. The molecule has 1 amide bonds. The standard InChI is InChI=1S/C21H28N2O2/c1-16(22)18-9-5-13-23(15-18)21(24)12-6-14-25-20-11-4-8-17-7-2-3-10-19(17)20/h2-4,7-8,10-11,16,18H,5-6,9,12-15,22H2,1H3. The summed E-state index contributed by atoms with van der Waals surface area (Å²) < 4.78 is 5.93. The molecule has 2 N–H and O–H groups in total. The minimum atomic E-state index is 0.158. The van der Waals surface area contributed by atoms with E-state index in [1.165, 1.54) is 5.39 Å². The van der Waals surface area contributed by atoms with E-state index < -0.39 is 0 Å². The fourth-order valence-corrected chi connectivity index (χ4v) is 3.55. The molecule has 0 saturated carbocycles. The molecule has 0 radical (unpaired) electrons. The van der Waals surface area contributed by atoms with Crippen LogP contribution in [0.2, 0.25) is 0 Å². The first-order valence-electron chi connectivity index (χ1n) is 9.29. The van der Waals surface area contributed by atoms with Crippen LogP contribution in [-0.2, 0) is 4.79 Å². The number of fused-ring (bicyclic) bond motifs is 1. The number of likely N-dealkylation sites (tertiary alicyclic amines) is 1. The van der Waals surface area contributed by atoms with Crippen molar-refractivity contribution >= 4 is 16.7 Å². The molecule has 2 atom stereocenters. The number of carbonyl (C=O) groups excluding carboxylic acids is 1. The van der Waals surface area contributed by atoms with Gasteiger partial charge in [0.2, 0.25) is 5.91 Å². The molecule has 2 aromatic rings. The van der Waals surface area contributed by atoms with E-state index >= 15 is 0 Å². The Bertz CT molecular complexity index is 709. The van der Waals surface area contributed by atoms with Gasteiger partial charge in [0.15, 0.2) is 0 Å². The monoisotopic (exact) mass is 340 g/mol. The van der Waals surface area contributed by atoms with Gasteiger partial charge in [0.25, 0.3) is 0 Å². The topological polar surface area (TPSA) is 55.6 Å². The summed E-state index contributed by atoms with van der Waals surface area (Å²) in [5.74, 6) is 1.55. The highest BCUT2D eigenvalue weighted by Crippen LogP contribution is 2.25. The molecule has 1 heterocycles. The number of piperidine rings is 1. The van der Waals surface area contributed by atoms with Gasteiger partial charge >= 0.3 is 0 Å². The van der Waals surface area contributed by atoms with Gasteiger partial charge in [-0.05, 0) is 43.6 Å². The van der Waals surface area contributed by atoms with Crippen molar-refractivity contribution in [1.82, 2.24) is 4.90 Å². The predicted molar refractivity (Wildman–Crippen MR) is 102 cm³/mol. The quantitative estimate of drug-likeness (QED) is 0.818. The Kier molecular flexibility index (Phi) is 5.92. The summed E-state index contributed by atoms with van der Waals surface area (Å²) in [6, 6.07) is 14.4. The SMILES string of the molecule is CC(N)C1CCCN(C(=O)CCCOc2cccc3ccccc23)C1. The summed E-state index contributed by atoms with van der Waals surface area (Å²) in [4.78, 5) is 14.4. The van der Waals surface area contributed by atoms with Crippen LogP contribution in [-0.4, -0.2) is 36.5 Å². The van der Waals surface area contributed by atoms with Gasteiger partial charge in [-0.1, -0.05) is 36.4 Å². The Morgan fingerprint density at radius 3 is 2.92 bits per heavy atom. The molecule has 25 heavy (non-hydrogen) atoms. The van der Waals surface area contributed by atoms with Crippen LogP contribution in [0.25, 0.3) is 10.8 Å². The van der Waals surface area contributed by atoms with Crippen molar-refractivity contribution in [2.24, 2.45) is 11.7 Å². The fourth-order valence-electron chi connectivity index (χ4n) is 3.55. The number of nitrogens with zero attached hydrogens (tertiary/aromatic N) is 1. The third kappa shape index (κ3) is 4.51. The molecule has 1 aliphatic rings. The normalized spacial score (nSPS) is 19.0. The van der Waals surface area contributed by atoms with Crippen LogP contribution in [0.3, 0.4) is 0 Å². The van der Waals surface area contributed by atoms with Crippen molar-refractivity contribution in [2.45, 2.75) is 38.6 Å². The van der Waals surface area contributed by atoms with E-state index in [0.29, 0.717) is 18.9 Å². The number of rotatable bonds is 6. The lowest BCUT2D eigenvalue weighted by atomic mass is 9.92. The van der Waals surface area contributed by atoms with E-state index in [2.05, 4.69) is 18.2 Å². The fraction of sp³-hybridized carbons (Fsp3) is 0.476. The van der Waals surface area contributed by atoms with Crippen LogP contribution in [0, 0.1) is 5.92 Å². The second-order valence-corrected chi connectivity index (χ2v) is 7.03. The summed E-state index contributed by atoms with van der Waals surface area (Å²) in [6.07, 6.45) is 3.47. The first kappa shape index (κ1) is 17.7. The zero-order chi connectivity index (χ0) is 17.6. The van der Waals surface area contributed by atoms with Crippen LogP contribution >= 0.6 is 0 Å². The van der Waals surface area contributed by atoms with E-state index in [-0.39, 0.29) is 11.9 Å². The molecule has 4 heteroatoms. The van der Waals surface area contributed by atoms with Gasteiger partial charge in [-0.25, -0.2) is 0 Å². The summed E-state index contributed by atoms with van der Waals surface area (Å²) in [5, 5.41) is 2.29. The summed E-state index contributed by atoms with van der Waals surface area (Å²) >= 11 is 0. The third-order valence-corrected chi connectivity index (χ3v) is 5.10. The zero-order valence-corrected chi connectivity index (χ0v) is 15.0. The van der Waals surface area contributed by atoms with Crippen molar-refractivity contribution in [3.63, 3.8) is 0 Å². The number of amides is 1. The molecule has 0 bridgehead atoms. The molecule has 0 spiro atoms. The van der Waals surface area contributed by atoms with Crippen LogP contribution < -0.4 is 10.5 Å². The van der Waals surface area contributed by atoms with Crippen molar-refractivity contribution < 1.29 is 9.53 Å². The van der Waals surface area contributed by atoms with Crippen molar-refractivity contribution in [3.05, 3.63) is 42.5 Å². The number of ether oxygens (including phenoxy) is 1. The average molecular weight is 340 g/mol. The largest absolute Gasteiger partial charge is 0.493 e. The molecule has 3 rings (SSSR count). The highest BCUT2D eigenvalue weighted by molar-refractivity contribution is 5.88. The lowest BCUT2D eigenvalue weighted by Crippen LogP contribution is -2.45. The molecule has 1 fully saturated rings. The maximum atomic E-state index is 12.4.